The van der Waals surface area contributed by atoms with Gasteiger partial charge in [-0.1, -0.05) is 35.1 Å². The first-order chi connectivity index (χ1) is 15.5. The summed E-state index contributed by atoms with van der Waals surface area (Å²) in [5, 5.41) is 16.0. The molecular weight excluding hydrogens is 446 g/mol. The van der Waals surface area contributed by atoms with Crippen LogP contribution in [-0.4, -0.2) is 57.9 Å². The molecule has 0 bridgehead atoms. The summed E-state index contributed by atoms with van der Waals surface area (Å²) in [5.41, 5.74) is 2.23. The number of halogens is 1. The minimum absolute atomic E-state index is 0.125. The van der Waals surface area contributed by atoms with Gasteiger partial charge in [0.1, 0.15) is 11.6 Å². The van der Waals surface area contributed by atoms with Gasteiger partial charge in [0.15, 0.2) is 0 Å². The standard InChI is InChI=1S/C23H24ClN5O2S/c1-15-25-23-29(26-15)22(30)21(32-23)20(16-4-3-5-17(24)14-16)28-12-10-27(11-13-28)18-6-8-19(31-2)9-7-18/h3-9,14,20,30H,10-13H2,1-2H3/t20-/m0/s1. The second-order valence-electron chi connectivity index (χ2n) is 7.82. The maximum absolute atomic E-state index is 11.0. The summed E-state index contributed by atoms with van der Waals surface area (Å²) in [5.74, 6) is 1.65. The SMILES string of the molecule is COc1ccc(N2CCN([C@@H](c3cccc(Cl)c3)c3sc4nc(C)nn4c3O)CC2)cc1. The molecular formula is C23H24ClN5O2S. The van der Waals surface area contributed by atoms with Gasteiger partial charge in [0, 0.05) is 36.9 Å². The minimum Gasteiger partial charge on any atom is -0.497 e. The topological polar surface area (TPSA) is 66.1 Å². The Balaban J connectivity index is 1.44. The third-order valence-corrected chi connectivity index (χ3v) is 7.14. The number of hydrogen-bond donors (Lipinski definition) is 1. The zero-order valence-corrected chi connectivity index (χ0v) is 19.5. The van der Waals surface area contributed by atoms with E-state index in [0.29, 0.717) is 15.8 Å². The molecule has 0 amide bonds. The molecule has 9 heteroatoms. The molecule has 3 heterocycles. The quantitative estimate of drug-likeness (QED) is 0.468. The molecule has 1 fully saturated rings. The number of thiazole rings is 1. The lowest BCUT2D eigenvalue weighted by atomic mass is 10.0. The molecule has 32 heavy (non-hydrogen) atoms. The lowest BCUT2D eigenvalue weighted by Crippen LogP contribution is -2.47. The van der Waals surface area contributed by atoms with Crippen LogP contribution in [0.2, 0.25) is 5.02 Å². The molecule has 2 aromatic heterocycles. The van der Waals surface area contributed by atoms with Crippen molar-refractivity contribution in [3.63, 3.8) is 0 Å². The number of piperazine rings is 1. The summed E-state index contributed by atoms with van der Waals surface area (Å²) >= 11 is 7.81. The van der Waals surface area contributed by atoms with Crippen LogP contribution in [0.25, 0.3) is 4.96 Å². The van der Waals surface area contributed by atoms with Gasteiger partial charge < -0.3 is 14.7 Å². The van der Waals surface area contributed by atoms with Crippen LogP contribution in [0.5, 0.6) is 11.6 Å². The second-order valence-corrected chi connectivity index (χ2v) is 9.27. The summed E-state index contributed by atoms with van der Waals surface area (Å²) in [6, 6.07) is 15.9. The highest BCUT2D eigenvalue weighted by Crippen LogP contribution is 2.41. The van der Waals surface area contributed by atoms with Crippen LogP contribution in [0.15, 0.2) is 48.5 Å². The van der Waals surface area contributed by atoms with E-state index in [0.717, 1.165) is 42.4 Å². The summed E-state index contributed by atoms with van der Waals surface area (Å²) in [7, 11) is 1.68. The number of nitrogens with zero attached hydrogens (tertiary/aromatic N) is 5. The first kappa shape index (κ1) is 21.1. The van der Waals surface area contributed by atoms with Crippen molar-refractivity contribution >= 4 is 33.6 Å². The molecule has 5 rings (SSSR count). The monoisotopic (exact) mass is 469 g/mol. The molecule has 0 spiro atoms. The van der Waals surface area contributed by atoms with E-state index < -0.39 is 0 Å². The predicted octanol–water partition coefficient (Wildman–Crippen LogP) is 4.38. The maximum atomic E-state index is 11.0. The smallest absolute Gasteiger partial charge is 0.230 e. The largest absolute Gasteiger partial charge is 0.497 e. The van der Waals surface area contributed by atoms with Crippen molar-refractivity contribution in [3.05, 3.63) is 69.8 Å². The second kappa shape index (κ2) is 8.61. The number of aromatic hydroxyl groups is 1. The van der Waals surface area contributed by atoms with Gasteiger partial charge in [-0.05, 0) is 48.9 Å². The van der Waals surface area contributed by atoms with E-state index in [-0.39, 0.29) is 11.9 Å². The predicted molar refractivity (Wildman–Crippen MR) is 127 cm³/mol. The van der Waals surface area contributed by atoms with Gasteiger partial charge in [0.05, 0.1) is 18.0 Å². The van der Waals surface area contributed by atoms with Gasteiger partial charge in [0.2, 0.25) is 10.8 Å². The van der Waals surface area contributed by atoms with Crippen LogP contribution in [0.1, 0.15) is 22.3 Å². The fourth-order valence-electron chi connectivity index (χ4n) is 4.26. The molecule has 166 valence electrons. The molecule has 0 radical (unpaired) electrons. The van der Waals surface area contributed by atoms with Crippen molar-refractivity contribution in [2.24, 2.45) is 0 Å². The first-order valence-electron chi connectivity index (χ1n) is 10.5. The molecule has 0 aliphatic carbocycles. The van der Waals surface area contributed by atoms with E-state index in [9.17, 15) is 5.11 Å². The van der Waals surface area contributed by atoms with E-state index in [1.807, 2.05) is 37.3 Å². The minimum atomic E-state index is -0.125. The molecule has 0 unspecified atom stereocenters. The fraction of sp³-hybridized carbons (Fsp3) is 0.304. The Labute approximate surface area is 195 Å². The number of fused-ring (bicyclic) bond motifs is 1. The number of rotatable bonds is 5. The van der Waals surface area contributed by atoms with Crippen LogP contribution < -0.4 is 9.64 Å². The Bertz CT molecular complexity index is 1230. The molecule has 0 saturated carbocycles. The van der Waals surface area contributed by atoms with E-state index >= 15 is 0 Å². The van der Waals surface area contributed by atoms with Crippen LogP contribution in [0.4, 0.5) is 5.69 Å². The van der Waals surface area contributed by atoms with Gasteiger partial charge >= 0.3 is 0 Å². The maximum Gasteiger partial charge on any atom is 0.230 e. The Morgan fingerprint density at radius 3 is 2.50 bits per heavy atom. The van der Waals surface area contributed by atoms with Gasteiger partial charge in [-0.15, -0.1) is 5.10 Å². The number of aromatic nitrogens is 3. The van der Waals surface area contributed by atoms with Crippen molar-refractivity contribution in [3.8, 4) is 11.6 Å². The molecule has 2 aromatic carbocycles. The summed E-state index contributed by atoms with van der Waals surface area (Å²) in [6.07, 6.45) is 0. The number of hydrogen-bond acceptors (Lipinski definition) is 7. The number of benzene rings is 2. The van der Waals surface area contributed by atoms with Crippen molar-refractivity contribution in [2.45, 2.75) is 13.0 Å². The number of anilines is 1. The number of methoxy groups -OCH3 is 1. The van der Waals surface area contributed by atoms with Gasteiger partial charge in [0.25, 0.3) is 0 Å². The molecule has 1 atom stereocenters. The first-order valence-corrected chi connectivity index (χ1v) is 11.7. The van der Waals surface area contributed by atoms with Crippen molar-refractivity contribution < 1.29 is 9.84 Å². The Morgan fingerprint density at radius 1 is 1.09 bits per heavy atom. The van der Waals surface area contributed by atoms with Gasteiger partial charge in [-0.3, -0.25) is 4.90 Å². The molecule has 1 N–H and O–H groups in total. The highest BCUT2D eigenvalue weighted by molar-refractivity contribution is 7.17. The normalized spacial score (nSPS) is 15.9. The van der Waals surface area contributed by atoms with E-state index in [1.165, 1.54) is 21.5 Å². The average molecular weight is 470 g/mol. The van der Waals surface area contributed by atoms with Gasteiger partial charge in [-0.25, -0.2) is 4.98 Å². The van der Waals surface area contributed by atoms with Crippen LogP contribution in [-0.2, 0) is 0 Å². The third kappa shape index (κ3) is 3.90. The van der Waals surface area contributed by atoms with E-state index in [2.05, 4.69) is 38.1 Å². The summed E-state index contributed by atoms with van der Waals surface area (Å²) in [4.78, 5) is 10.7. The fourth-order valence-corrected chi connectivity index (χ4v) is 5.62. The zero-order valence-electron chi connectivity index (χ0n) is 17.9. The average Bonchev–Trinajstić information content (AvgIpc) is 3.31. The summed E-state index contributed by atoms with van der Waals surface area (Å²) < 4.78 is 6.81. The van der Waals surface area contributed by atoms with Crippen LogP contribution in [0, 0.1) is 6.92 Å². The zero-order chi connectivity index (χ0) is 22.2. The van der Waals surface area contributed by atoms with E-state index in [1.54, 1.807) is 7.11 Å². The lowest BCUT2D eigenvalue weighted by molar-refractivity contribution is 0.211. The highest BCUT2D eigenvalue weighted by atomic mass is 35.5. The Morgan fingerprint density at radius 2 is 1.84 bits per heavy atom. The number of aryl methyl sites for hydroxylation is 1. The summed E-state index contributed by atoms with van der Waals surface area (Å²) in [6.45, 7) is 5.27. The Hall–Kier alpha value is -2.81. The molecule has 7 nitrogen and oxygen atoms in total. The van der Waals surface area contributed by atoms with Crippen molar-refractivity contribution in [1.29, 1.82) is 0 Å². The van der Waals surface area contributed by atoms with Gasteiger partial charge in [-0.2, -0.15) is 4.52 Å². The van der Waals surface area contributed by atoms with Crippen molar-refractivity contribution in [2.75, 3.05) is 38.2 Å². The number of ether oxygens (including phenoxy) is 1. The molecule has 1 saturated heterocycles. The third-order valence-electron chi connectivity index (χ3n) is 5.84. The highest BCUT2D eigenvalue weighted by Gasteiger charge is 2.32. The van der Waals surface area contributed by atoms with E-state index in [4.69, 9.17) is 16.3 Å². The van der Waals surface area contributed by atoms with Crippen LogP contribution >= 0.6 is 22.9 Å². The molecule has 1 aliphatic rings. The molecule has 1 aliphatic heterocycles. The Kier molecular flexibility index (Phi) is 5.67. The van der Waals surface area contributed by atoms with Crippen LogP contribution in [0.3, 0.4) is 0 Å². The lowest BCUT2D eigenvalue weighted by Gasteiger charge is -2.40. The molecule has 4 aromatic rings. The van der Waals surface area contributed by atoms with Crippen molar-refractivity contribution in [1.82, 2.24) is 19.5 Å².